The van der Waals surface area contributed by atoms with Crippen molar-refractivity contribution in [1.29, 1.82) is 0 Å². The molecule has 0 aromatic heterocycles. The number of hydrogen-bond donors (Lipinski definition) is 0. The van der Waals surface area contributed by atoms with E-state index in [1.54, 1.807) is 0 Å². The SMILES string of the molecule is CCCC(=O)CCC(=O)CCCC(=O)OC. The number of methoxy groups -OCH3 is 1. The molecule has 0 saturated carbocycles. The highest BCUT2D eigenvalue weighted by Crippen LogP contribution is 2.05. The normalized spacial score (nSPS) is 9.88. The number of hydrogen-bond acceptors (Lipinski definition) is 4. The number of carbonyl (C=O) groups excluding carboxylic acids is 3. The topological polar surface area (TPSA) is 60.4 Å². The molecule has 0 bridgehead atoms. The molecule has 0 fully saturated rings. The molecular weight excluding hydrogens is 208 g/mol. The third-order valence-electron chi connectivity index (χ3n) is 2.28. The lowest BCUT2D eigenvalue weighted by Gasteiger charge is -2.00. The van der Waals surface area contributed by atoms with Crippen molar-refractivity contribution in [3.05, 3.63) is 0 Å². The molecule has 0 N–H and O–H groups in total. The highest BCUT2D eigenvalue weighted by molar-refractivity contribution is 5.86. The maximum atomic E-state index is 11.3. The monoisotopic (exact) mass is 228 g/mol. The van der Waals surface area contributed by atoms with Gasteiger partial charge in [0.1, 0.15) is 11.6 Å². The summed E-state index contributed by atoms with van der Waals surface area (Å²) < 4.78 is 4.46. The van der Waals surface area contributed by atoms with Gasteiger partial charge in [-0.1, -0.05) is 6.92 Å². The van der Waals surface area contributed by atoms with Crippen LogP contribution in [0, 0.1) is 0 Å². The van der Waals surface area contributed by atoms with E-state index in [-0.39, 0.29) is 24.0 Å². The van der Waals surface area contributed by atoms with Crippen molar-refractivity contribution in [2.45, 2.75) is 51.9 Å². The molecule has 0 atom stereocenters. The van der Waals surface area contributed by atoms with Crippen LogP contribution < -0.4 is 0 Å². The molecular formula is C12H20O4. The number of rotatable bonds is 9. The molecule has 0 aromatic rings. The van der Waals surface area contributed by atoms with E-state index in [4.69, 9.17) is 0 Å². The average molecular weight is 228 g/mol. The number of ether oxygens (including phenoxy) is 1. The van der Waals surface area contributed by atoms with Gasteiger partial charge < -0.3 is 4.74 Å². The van der Waals surface area contributed by atoms with Gasteiger partial charge in [0.2, 0.25) is 0 Å². The fourth-order valence-corrected chi connectivity index (χ4v) is 1.34. The third-order valence-corrected chi connectivity index (χ3v) is 2.28. The van der Waals surface area contributed by atoms with Gasteiger partial charge in [0, 0.05) is 32.1 Å². The Morgan fingerprint density at radius 2 is 1.44 bits per heavy atom. The van der Waals surface area contributed by atoms with Gasteiger partial charge in [-0.05, 0) is 12.8 Å². The van der Waals surface area contributed by atoms with Crippen molar-refractivity contribution in [2.75, 3.05) is 7.11 Å². The molecule has 0 spiro atoms. The van der Waals surface area contributed by atoms with Crippen LogP contribution in [0.2, 0.25) is 0 Å². The average Bonchev–Trinajstić information content (AvgIpc) is 2.26. The quantitative estimate of drug-likeness (QED) is 0.567. The lowest BCUT2D eigenvalue weighted by Crippen LogP contribution is -2.06. The Morgan fingerprint density at radius 3 is 1.94 bits per heavy atom. The maximum Gasteiger partial charge on any atom is 0.305 e. The van der Waals surface area contributed by atoms with Crippen LogP contribution in [0.4, 0.5) is 0 Å². The third kappa shape index (κ3) is 8.15. The van der Waals surface area contributed by atoms with E-state index in [0.717, 1.165) is 6.42 Å². The molecule has 0 amide bonds. The Kier molecular flexibility index (Phi) is 8.39. The Hall–Kier alpha value is -1.19. The number of esters is 1. The van der Waals surface area contributed by atoms with Crippen LogP contribution in [0.5, 0.6) is 0 Å². The van der Waals surface area contributed by atoms with E-state index in [1.807, 2.05) is 6.92 Å². The lowest BCUT2D eigenvalue weighted by molar-refractivity contribution is -0.140. The second kappa shape index (κ2) is 9.07. The van der Waals surface area contributed by atoms with Crippen molar-refractivity contribution >= 4 is 17.5 Å². The van der Waals surface area contributed by atoms with E-state index in [2.05, 4.69) is 4.74 Å². The largest absolute Gasteiger partial charge is 0.469 e. The molecule has 0 rings (SSSR count). The van der Waals surface area contributed by atoms with Gasteiger partial charge in [-0.25, -0.2) is 0 Å². The maximum absolute atomic E-state index is 11.3. The van der Waals surface area contributed by atoms with Crippen LogP contribution in [0.25, 0.3) is 0 Å². The van der Waals surface area contributed by atoms with E-state index in [1.165, 1.54) is 7.11 Å². The molecule has 16 heavy (non-hydrogen) atoms. The number of Topliss-reactive ketones (excluding diaryl/α,β-unsaturated/α-hetero) is 2. The zero-order valence-electron chi connectivity index (χ0n) is 10.1. The first-order valence-electron chi connectivity index (χ1n) is 5.70. The predicted octanol–water partition coefficient (Wildman–Crippen LogP) is 2.05. The fraction of sp³-hybridized carbons (Fsp3) is 0.750. The van der Waals surface area contributed by atoms with Gasteiger partial charge in [-0.2, -0.15) is 0 Å². The van der Waals surface area contributed by atoms with Crippen LogP contribution in [-0.4, -0.2) is 24.6 Å². The number of carbonyl (C=O) groups is 3. The van der Waals surface area contributed by atoms with Crippen molar-refractivity contribution in [2.24, 2.45) is 0 Å². The summed E-state index contributed by atoms with van der Waals surface area (Å²) in [5.74, 6) is -0.105. The van der Waals surface area contributed by atoms with Gasteiger partial charge in [0.05, 0.1) is 7.11 Å². The molecule has 0 aliphatic rings. The zero-order chi connectivity index (χ0) is 12.4. The van der Waals surface area contributed by atoms with Gasteiger partial charge >= 0.3 is 5.97 Å². The highest BCUT2D eigenvalue weighted by atomic mass is 16.5. The fourth-order valence-electron chi connectivity index (χ4n) is 1.34. The standard InChI is InChI=1S/C12H20O4/c1-3-5-10(13)8-9-11(14)6-4-7-12(15)16-2/h3-9H2,1-2H3. The first kappa shape index (κ1) is 14.8. The second-order valence-corrected chi connectivity index (χ2v) is 3.76. The zero-order valence-corrected chi connectivity index (χ0v) is 10.1. The van der Waals surface area contributed by atoms with E-state index in [0.29, 0.717) is 32.1 Å². The van der Waals surface area contributed by atoms with E-state index in [9.17, 15) is 14.4 Å². The van der Waals surface area contributed by atoms with Gasteiger partial charge in [0.15, 0.2) is 0 Å². The summed E-state index contributed by atoms with van der Waals surface area (Å²) in [5.41, 5.74) is 0. The van der Waals surface area contributed by atoms with Crippen LogP contribution in [0.15, 0.2) is 0 Å². The minimum Gasteiger partial charge on any atom is -0.469 e. The highest BCUT2D eigenvalue weighted by Gasteiger charge is 2.07. The Bertz CT molecular complexity index is 245. The van der Waals surface area contributed by atoms with E-state index >= 15 is 0 Å². The summed E-state index contributed by atoms with van der Waals surface area (Å²) in [6, 6.07) is 0. The summed E-state index contributed by atoms with van der Waals surface area (Å²) in [6.45, 7) is 1.94. The van der Waals surface area contributed by atoms with Gasteiger partial charge in [0.25, 0.3) is 0 Å². The smallest absolute Gasteiger partial charge is 0.305 e. The Labute approximate surface area is 96.4 Å². The van der Waals surface area contributed by atoms with Crippen LogP contribution in [0.1, 0.15) is 51.9 Å². The van der Waals surface area contributed by atoms with Gasteiger partial charge in [-0.15, -0.1) is 0 Å². The van der Waals surface area contributed by atoms with Crippen molar-refractivity contribution in [3.63, 3.8) is 0 Å². The summed E-state index contributed by atoms with van der Waals surface area (Å²) >= 11 is 0. The molecule has 0 saturated heterocycles. The molecule has 0 aliphatic carbocycles. The van der Waals surface area contributed by atoms with Crippen LogP contribution in [0.3, 0.4) is 0 Å². The Balaban J connectivity index is 3.52. The molecule has 4 nitrogen and oxygen atoms in total. The molecule has 0 radical (unpaired) electrons. The molecule has 0 aliphatic heterocycles. The molecule has 0 aromatic carbocycles. The van der Waals surface area contributed by atoms with E-state index < -0.39 is 0 Å². The number of ketones is 2. The molecule has 92 valence electrons. The predicted molar refractivity (Wildman–Crippen MR) is 60.0 cm³/mol. The molecule has 0 heterocycles. The lowest BCUT2D eigenvalue weighted by atomic mass is 10.1. The minimum absolute atomic E-state index is 0.0494. The van der Waals surface area contributed by atoms with Crippen molar-refractivity contribution in [1.82, 2.24) is 0 Å². The summed E-state index contributed by atoms with van der Waals surface area (Å²) in [6.07, 6.45) is 3.16. The molecule has 4 heteroatoms. The first-order chi connectivity index (χ1) is 7.60. The van der Waals surface area contributed by atoms with Crippen molar-refractivity contribution < 1.29 is 19.1 Å². The minimum atomic E-state index is -0.296. The van der Waals surface area contributed by atoms with Gasteiger partial charge in [-0.3, -0.25) is 14.4 Å². The first-order valence-corrected chi connectivity index (χ1v) is 5.70. The summed E-state index contributed by atoms with van der Waals surface area (Å²) in [4.78, 5) is 33.2. The summed E-state index contributed by atoms with van der Waals surface area (Å²) in [7, 11) is 1.33. The molecule has 0 unspecified atom stereocenters. The second-order valence-electron chi connectivity index (χ2n) is 3.76. The van der Waals surface area contributed by atoms with Crippen LogP contribution >= 0.6 is 0 Å². The Morgan fingerprint density at radius 1 is 0.875 bits per heavy atom. The van der Waals surface area contributed by atoms with Crippen molar-refractivity contribution in [3.8, 4) is 0 Å². The summed E-state index contributed by atoms with van der Waals surface area (Å²) in [5, 5.41) is 0. The van der Waals surface area contributed by atoms with Crippen LogP contribution in [-0.2, 0) is 19.1 Å².